The number of nitrogens with one attached hydrogen (secondary N) is 1. The van der Waals surface area contributed by atoms with Crippen molar-refractivity contribution in [2.24, 2.45) is 0 Å². The fourth-order valence-corrected chi connectivity index (χ4v) is 3.95. The van der Waals surface area contributed by atoms with E-state index in [9.17, 15) is 19.2 Å². The third kappa shape index (κ3) is 3.88. The zero-order valence-electron chi connectivity index (χ0n) is 16.3. The van der Waals surface area contributed by atoms with Gasteiger partial charge in [0.2, 0.25) is 5.91 Å². The molecule has 2 saturated heterocycles. The van der Waals surface area contributed by atoms with E-state index in [0.717, 1.165) is 17.7 Å². The number of rotatable bonds is 4. The highest BCUT2D eigenvalue weighted by Crippen LogP contribution is 2.24. The Labute approximate surface area is 168 Å². The number of carbonyl (C=O) groups is 4. The molecular weight excluding hydrogens is 376 g/mol. The van der Waals surface area contributed by atoms with Crippen LogP contribution in [0.4, 0.5) is 5.69 Å². The molecule has 29 heavy (non-hydrogen) atoms. The van der Waals surface area contributed by atoms with Crippen molar-refractivity contribution in [3.05, 3.63) is 29.3 Å². The van der Waals surface area contributed by atoms with Gasteiger partial charge in [-0.3, -0.25) is 29.0 Å². The molecule has 1 atom stereocenters. The van der Waals surface area contributed by atoms with E-state index < -0.39 is 0 Å². The van der Waals surface area contributed by atoms with Crippen molar-refractivity contribution in [2.75, 3.05) is 51.7 Å². The van der Waals surface area contributed by atoms with E-state index in [1.54, 1.807) is 12.1 Å². The number of nitrogens with zero attached hydrogens (tertiary/aromatic N) is 3. The second-order valence-electron chi connectivity index (χ2n) is 7.58. The molecule has 2 fully saturated rings. The van der Waals surface area contributed by atoms with Crippen LogP contribution in [-0.2, 0) is 14.3 Å². The highest BCUT2D eigenvalue weighted by atomic mass is 16.5. The second-order valence-corrected chi connectivity index (χ2v) is 7.58. The Morgan fingerprint density at radius 1 is 1.10 bits per heavy atom. The fraction of sp³-hybridized carbons (Fsp3) is 0.500. The zero-order valence-corrected chi connectivity index (χ0v) is 16.3. The average molecular weight is 400 g/mol. The summed E-state index contributed by atoms with van der Waals surface area (Å²) in [6, 6.07) is 4.72. The van der Waals surface area contributed by atoms with Gasteiger partial charge in [0, 0.05) is 45.5 Å². The molecule has 0 spiro atoms. The predicted molar refractivity (Wildman–Crippen MR) is 103 cm³/mol. The summed E-state index contributed by atoms with van der Waals surface area (Å²) in [5.74, 6) is -0.852. The first-order valence-electron chi connectivity index (χ1n) is 9.83. The summed E-state index contributed by atoms with van der Waals surface area (Å²) in [6.45, 7) is 3.24. The van der Waals surface area contributed by atoms with Crippen molar-refractivity contribution >= 4 is 29.3 Å². The van der Waals surface area contributed by atoms with Gasteiger partial charge in [-0.25, -0.2) is 0 Å². The lowest BCUT2D eigenvalue weighted by Gasteiger charge is -2.35. The van der Waals surface area contributed by atoms with Gasteiger partial charge in [-0.2, -0.15) is 0 Å². The molecule has 0 bridgehead atoms. The Hall–Kier alpha value is -2.78. The van der Waals surface area contributed by atoms with Crippen LogP contribution in [0.2, 0.25) is 0 Å². The van der Waals surface area contributed by atoms with Gasteiger partial charge < -0.3 is 15.0 Å². The number of anilines is 1. The lowest BCUT2D eigenvalue weighted by atomic mass is 10.1. The Balaban J connectivity index is 1.28. The fourth-order valence-electron chi connectivity index (χ4n) is 3.95. The molecule has 1 N–H and O–H groups in total. The Morgan fingerprint density at radius 3 is 2.52 bits per heavy atom. The molecule has 4 rings (SSSR count). The lowest BCUT2D eigenvalue weighted by molar-refractivity contribution is -0.142. The number of ether oxygens (including phenoxy) is 1. The molecule has 1 unspecified atom stereocenters. The van der Waals surface area contributed by atoms with Gasteiger partial charge in [-0.05, 0) is 31.0 Å². The van der Waals surface area contributed by atoms with Gasteiger partial charge in [0.1, 0.15) is 6.10 Å². The summed E-state index contributed by atoms with van der Waals surface area (Å²) in [5.41, 5.74) is 1.14. The van der Waals surface area contributed by atoms with E-state index >= 15 is 0 Å². The Morgan fingerprint density at radius 2 is 1.83 bits per heavy atom. The highest BCUT2D eigenvalue weighted by molar-refractivity contribution is 6.21. The first-order chi connectivity index (χ1) is 13.9. The minimum Gasteiger partial charge on any atom is -0.368 e. The predicted octanol–water partition coefficient (Wildman–Crippen LogP) is 0.174. The number of benzene rings is 1. The van der Waals surface area contributed by atoms with Gasteiger partial charge in [0.05, 0.1) is 17.7 Å². The number of carbonyl (C=O) groups excluding carboxylic acids is 4. The quantitative estimate of drug-likeness (QED) is 0.724. The molecule has 3 aliphatic rings. The minimum atomic E-state index is -0.367. The minimum absolute atomic E-state index is 0.0499. The maximum Gasteiger partial charge on any atom is 0.261 e. The number of imide groups is 1. The third-order valence-electron chi connectivity index (χ3n) is 5.63. The van der Waals surface area contributed by atoms with E-state index in [4.69, 9.17) is 4.74 Å². The van der Waals surface area contributed by atoms with Crippen molar-refractivity contribution < 1.29 is 23.9 Å². The summed E-state index contributed by atoms with van der Waals surface area (Å²) in [6.07, 6.45) is 1.40. The topological polar surface area (TPSA) is 99.3 Å². The summed E-state index contributed by atoms with van der Waals surface area (Å²) in [5, 5.41) is 2.78. The number of hydrogen-bond donors (Lipinski definition) is 1. The van der Waals surface area contributed by atoms with Gasteiger partial charge in [-0.15, -0.1) is 0 Å². The summed E-state index contributed by atoms with van der Waals surface area (Å²) in [7, 11) is 1.44. The van der Waals surface area contributed by atoms with Crippen LogP contribution >= 0.6 is 0 Å². The smallest absolute Gasteiger partial charge is 0.261 e. The molecule has 154 valence electrons. The molecule has 3 aliphatic heterocycles. The Bertz CT molecular complexity index is 856. The normalized spacial score (nSPS) is 22.2. The van der Waals surface area contributed by atoms with Crippen LogP contribution in [0.3, 0.4) is 0 Å². The van der Waals surface area contributed by atoms with Gasteiger partial charge in [0.15, 0.2) is 0 Å². The van der Waals surface area contributed by atoms with Gasteiger partial charge >= 0.3 is 0 Å². The van der Waals surface area contributed by atoms with E-state index in [2.05, 4.69) is 5.32 Å². The molecule has 0 aliphatic carbocycles. The van der Waals surface area contributed by atoms with Crippen LogP contribution in [0, 0.1) is 0 Å². The van der Waals surface area contributed by atoms with Gasteiger partial charge in [0.25, 0.3) is 17.7 Å². The van der Waals surface area contributed by atoms with Crippen LogP contribution in [-0.4, -0.2) is 90.8 Å². The molecule has 9 nitrogen and oxygen atoms in total. The largest absolute Gasteiger partial charge is 0.368 e. The van der Waals surface area contributed by atoms with Crippen molar-refractivity contribution in [3.63, 3.8) is 0 Å². The molecule has 3 heterocycles. The number of piperazine rings is 1. The number of hydrogen-bond acceptors (Lipinski definition) is 6. The third-order valence-corrected chi connectivity index (χ3v) is 5.63. The average Bonchev–Trinajstić information content (AvgIpc) is 3.33. The molecule has 1 aromatic carbocycles. The van der Waals surface area contributed by atoms with Crippen LogP contribution in [0.5, 0.6) is 0 Å². The summed E-state index contributed by atoms with van der Waals surface area (Å²) in [4.78, 5) is 53.7. The molecule has 9 heteroatoms. The molecule has 1 aromatic rings. The first-order valence-corrected chi connectivity index (χ1v) is 9.83. The standard InChI is InChI=1S/C20H24N4O5/c1-22-18(26)14-5-4-13(11-15(14)19(22)27)21-17(25)12-23-6-8-24(9-7-23)20(28)16-3-2-10-29-16/h4-5,11,16H,2-3,6-10,12H2,1H3,(H,21,25). The summed E-state index contributed by atoms with van der Waals surface area (Å²) >= 11 is 0. The zero-order chi connectivity index (χ0) is 20.5. The van der Waals surface area contributed by atoms with Crippen LogP contribution in [0.25, 0.3) is 0 Å². The Kier molecular flexibility index (Phi) is 5.33. The molecule has 0 aromatic heterocycles. The summed E-state index contributed by atoms with van der Waals surface area (Å²) < 4.78 is 5.46. The van der Waals surface area contributed by atoms with Crippen molar-refractivity contribution in [1.82, 2.24) is 14.7 Å². The highest BCUT2D eigenvalue weighted by Gasteiger charge is 2.33. The monoisotopic (exact) mass is 400 g/mol. The van der Waals surface area contributed by atoms with E-state index in [-0.39, 0.29) is 36.3 Å². The van der Waals surface area contributed by atoms with Gasteiger partial charge in [-0.1, -0.05) is 0 Å². The van der Waals surface area contributed by atoms with Crippen LogP contribution < -0.4 is 5.32 Å². The van der Waals surface area contributed by atoms with Crippen LogP contribution in [0.1, 0.15) is 33.6 Å². The molecule has 0 saturated carbocycles. The van der Waals surface area contributed by atoms with Crippen molar-refractivity contribution in [3.8, 4) is 0 Å². The SMILES string of the molecule is CN1C(=O)c2ccc(NC(=O)CN3CCN(C(=O)C4CCCO4)CC3)cc2C1=O. The maximum absolute atomic E-state index is 12.4. The van der Waals surface area contributed by atoms with Crippen molar-refractivity contribution in [2.45, 2.75) is 18.9 Å². The van der Waals surface area contributed by atoms with Crippen LogP contribution in [0.15, 0.2) is 18.2 Å². The lowest BCUT2D eigenvalue weighted by Crippen LogP contribution is -2.52. The molecule has 4 amide bonds. The number of amides is 4. The second kappa shape index (κ2) is 7.92. The molecule has 0 radical (unpaired) electrons. The van der Waals surface area contributed by atoms with Crippen molar-refractivity contribution in [1.29, 1.82) is 0 Å². The molecular formula is C20H24N4O5. The maximum atomic E-state index is 12.4. The van der Waals surface area contributed by atoms with E-state index in [1.165, 1.54) is 13.1 Å². The van der Waals surface area contributed by atoms with E-state index in [0.29, 0.717) is 49.6 Å². The first kappa shape index (κ1) is 19.5. The van der Waals surface area contributed by atoms with E-state index in [1.807, 2.05) is 9.80 Å². The number of fused-ring (bicyclic) bond motifs is 1.